The second-order valence-electron chi connectivity index (χ2n) is 8.44. The number of hydrogen-bond donors (Lipinski definition) is 1. The van der Waals surface area contributed by atoms with Gasteiger partial charge in [0, 0.05) is 37.4 Å². The minimum absolute atomic E-state index is 0.0111. The van der Waals surface area contributed by atoms with Crippen LogP contribution >= 0.6 is 11.8 Å². The number of rotatable bonds is 13. The molecule has 0 saturated heterocycles. The molecule has 1 N–H and O–H groups in total. The number of carbonyl (C=O) groups excluding carboxylic acids is 1. The molecule has 0 fully saturated rings. The molecule has 0 unspecified atom stereocenters. The van der Waals surface area contributed by atoms with Gasteiger partial charge in [-0.1, -0.05) is 50.2 Å². The number of carbonyl (C=O) groups is 1. The second kappa shape index (κ2) is 13.7. The fourth-order valence-corrected chi connectivity index (χ4v) is 4.65. The van der Waals surface area contributed by atoms with Crippen molar-refractivity contribution in [1.82, 2.24) is 9.97 Å². The molecule has 1 aromatic heterocycles. The number of hydrogen-bond acceptors (Lipinski definition) is 6. The van der Waals surface area contributed by atoms with E-state index in [1.807, 2.05) is 37.4 Å². The van der Waals surface area contributed by atoms with Crippen LogP contribution in [0.15, 0.2) is 65.7 Å². The van der Waals surface area contributed by atoms with Crippen molar-refractivity contribution in [2.45, 2.75) is 51.5 Å². The van der Waals surface area contributed by atoms with Crippen LogP contribution in [0.25, 0.3) is 0 Å². The van der Waals surface area contributed by atoms with E-state index < -0.39 is 0 Å². The number of thioether (sulfide) groups is 1. The van der Waals surface area contributed by atoms with E-state index in [1.165, 1.54) is 17.4 Å². The monoisotopic (exact) mass is 491 g/mol. The highest BCUT2D eigenvalue weighted by Gasteiger charge is 2.21. The number of amides is 1. The van der Waals surface area contributed by atoms with Crippen LogP contribution in [0.2, 0.25) is 0 Å². The molecular formula is C28H37N5OS. The van der Waals surface area contributed by atoms with Gasteiger partial charge in [0.2, 0.25) is 5.91 Å². The number of nitrogens with one attached hydrogen (secondary N) is 1. The average Bonchev–Trinajstić information content (AvgIpc) is 2.88. The molecule has 1 amide bonds. The molecule has 1 heterocycles. The molecule has 7 heteroatoms. The van der Waals surface area contributed by atoms with Crippen molar-refractivity contribution >= 4 is 40.5 Å². The molecule has 0 bridgehead atoms. The number of aromatic nitrogens is 2. The molecule has 186 valence electrons. The number of benzene rings is 2. The van der Waals surface area contributed by atoms with E-state index in [0.29, 0.717) is 17.9 Å². The first-order valence-electron chi connectivity index (χ1n) is 12.4. The van der Waals surface area contributed by atoms with Crippen LogP contribution < -0.4 is 15.1 Å². The molecule has 0 aliphatic carbocycles. The lowest BCUT2D eigenvalue weighted by atomic mass is 10.2. The smallest absolute Gasteiger partial charge is 0.224 e. The Morgan fingerprint density at radius 2 is 1.51 bits per heavy atom. The summed E-state index contributed by atoms with van der Waals surface area (Å²) >= 11 is 1.53. The Labute approximate surface area is 214 Å². The summed E-state index contributed by atoms with van der Waals surface area (Å²) in [7, 11) is 0. The zero-order valence-electron chi connectivity index (χ0n) is 21.3. The van der Waals surface area contributed by atoms with Gasteiger partial charge in [-0.3, -0.25) is 4.79 Å². The maximum atomic E-state index is 13.1. The van der Waals surface area contributed by atoms with Gasteiger partial charge in [0.1, 0.15) is 16.5 Å². The molecule has 0 radical (unpaired) electrons. The summed E-state index contributed by atoms with van der Waals surface area (Å²) in [4.78, 5) is 27.0. The van der Waals surface area contributed by atoms with Crippen LogP contribution in [0.4, 0.5) is 22.9 Å². The van der Waals surface area contributed by atoms with Crippen molar-refractivity contribution in [3.05, 3.63) is 66.5 Å². The fraction of sp³-hybridized carbons (Fsp3) is 0.393. The van der Waals surface area contributed by atoms with E-state index >= 15 is 0 Å². The first-order valence-corrected chi connectivity index (χ1v) is 13.6. The summed E-state index contributed by atoms with van der Waals surface area (Å²) < 4.78 is 0. The number of para-hydroxylation sites is 2. The molecule has 0 spiro atoms. The summed E-state index contributed by atoms with van der Waals surface area (Å²) in [5.41, 5.74) is 2.94. The van der Waals surface area contributed by atoms with E-state index in [0.717, 1.165) is 55.4 Å². The molecule has 35 heavy (non-hydrogen) atoms. The van der Waals surface area contributed by atoms with E-state index in [-0.39, 0.29) is 5.91 Å². The number of nitrogens with zero attached hydrogens (tertiary/aromatic N) is 4. The Morgan fingerprint density at radius 3 is 2.11 bits per heavy atom. The third-order valence-electron chi connectivity index (χ3n) is 5.64. The molecule has 6 nitrogen and oxygen atoms in total. The quantitative estimate of drug-likeness (QED) is 0.212. The normalized spacial score (nSPS) is 10.7. The van der Waals surface area contributed by atoms with Gasteiger partial charge in [0.05, 0.1) is 0 Å². The first kappa shape index (κ1) is 26.5. The lowest BCUT2D eigenvalue weighted by Gasteiger charge is -2.27. The Bertz CT molecular complexity index is 1060. The Morgan fingerprint density at radius 1 is 0.886 bits per heavy atom. The van der Waals surface area contributed by atoms with E-state index in [9.17, 15) is 4.79 Å². The first-order chi connectivity index (χ1) is 17.1. The largest absolute Gasteiger partial charge is 0.372 e. The van der Waals surface area contributed by atoms with Gasteiger partial charge < -0.3 is 15.1 Å². The average molecular weight is 492 g/mol. The van der Waals surface area contributed by atoms with E-state index in [2.05, 4.69) is 70.3 Å². The van der Waals surface area contributed by atoms with Crippen LogP contribution in [0.5, 0.6) is 0 Å². The van der Waals surface area contributed by atoms with Crippen LogP contribution in [0, 0.1) is 6.92 Å². The van der Waals surface area contributed by atoms with Crippen molar-refractivity contribution in [2.24, 2.45) is 0 Å². The minimum Gasteiger partial charge on any atom is -0.372 e. The van der Waals surface area contributed by atoms with Crippen molar-refractivity contribution in [3.8, 4) is 0 Å². The van der Waals surface area contributed by atoms with E-state index in [4.69, 9.17) is 4.98 Å². The third-order valence-corrected chi connectivity index (χ3v) is 6.33. The standard InChI is InChI=1S/C28H37N5OS/c1-5-19-32(23-14-9-7-10-15-23)21-13-18-25(34)31-26-27(29-22(3)30-28(26)35-4)33(20-6-2)24-16-11-8-12-17-24/h7-12,14-17H,5-6,13,18-21H2,1-4H3,(H,31,34). The molecule has 2 aromatic carbocycles. The van der Waals surface area contributed by atoms with E-state index in [1.54, 1.807) is 0 Å². The van der Waals surface area contributed by atoms with Gasteiger partial charge in [0.15, 0.2) is 5.82 Å². The lowest BCUT2D eigenvalue weighted by molar-refractivity contribution is -0.116. The van der Waals surface area contributed by atoms with Crippen LogP contribution in [0.3, 0.4) is 0 Å². The van der Waals surface area contributed by atoms with Gasteiger partial charge in [-0.15, -0.1) is 11.8 Å². The zero-order valence-corrected chi connectivity index (χ0v) is 22.1. The van der Waals surface area contributed by atoms with Gasteiger partial charge in [-0.05, 0) is 56.7 Å². The molecule has 3 aromatic rings. The minimum atomic E-state index is -0.0111. The summed E-state index contributed by atoms with van der Waals surface area (Å²) in [5.74, 6) is 1.43. The highest BCUT2D eigenvalue weighted by molar-refractivity contribution is 7.98. The summed E-state index contributed by atoms with van der Waals surface area (Å²) in [6.45, 7) is 8.83. The SMILES string of the molecule is CCCN(CCCC(=O)Nc1c(SC)nc(C)nc1N(CCC)c1ccccc1)c1ccccc1. The van der Waals surface area contributed by atoms with Crippen molar-refractivity contribution in [3.63, 3.8) is 0 Å². The van der Waals surface area contributed by atoms with Gasteiger partial charge in [0.25, 0.3) is 0 Å². The Kier molecular flexibility index (Phi) is 10.4. The van der Waals surface area contributed by atoms with Gasteiger partial charge in [-0.25, -0.2) is 9.97 Å². The molecule has 0 aliphatic rings. The Balaban J connectivity index is 1.78. The molecule has 0 aliphatic heterocycles. The molecule has 0 atom stereocenters. The lowest BCUT2D eigenvalue weighted by Crippen LogP contribution is -2.27. The van der Waals surface area contributed by atoms with Gasteiger partial charge >= 0.3 is 0 Å². The van der Waals surface area contributed by atoms with Crippen molar-refractivity contribution in [1.29, 1.82) is 0 Å². The predicted octanol–water partition coefficient (Wildman–Crippen LogP) is 6.69. The van der Waals surface area contributed by atoms with Crippen LogP contribution in [-0.4, -0.2) is 41.8 Å². The molecule has 0 saturated carbocycles. The highest BCUT2D eigenvalue weighted by Crippen LogP contribution is 2.36. The van der Waals surface area contributed by atoms with Gasteiger partial charge in [-0.2, -0.15) is 0 Å². The fourth-order valence-electron chi connectivity index (χ4n) is 4.09. The third kappa shape index (κ3) is 7.46. The number of anilines is 4. The van der Waals surface area contributed by atoms with Crippen LogP contribution in [0.1, 0.15) is 45.4 Å². The summed E-state index contributed by atoms with van der Waals surface area (Å²) in [6, 6.07) is 20.6. The predicted molar refractivity (Wildman–Crippen MR) is 149 cm³/mol. The molecular weight excluding hydrogens is 454 g/mol. The summed E-state index contributed by atoms with van der Waals surface area (Å²) in [6.07, 6.45) is 5.21. The zero-order chi connectivity index (χ0) is 25.0. The number of aryl methyl sites for hydroxylation is 1. The topological polar surface area (TPSA) is 61.4 Å². The van der Waals surface area contributed by atoms with Crippen LogP contribution in [-0.2, 0) is 4.79 Å². The van der Waals surface area contributed by atoms with Crippen molar-refractivity contribution < 1.29 is 4.79 Å². The molecule has 3 rings (SSSR count). The summed E-state index contributed by atoms with van der Waals surface area (Å²) in [5, 5.41) is 3.95. The highest BCUT2D eigenvalue weighted by atomic mass is 32.2. The maximum absolute atomic E-state index is 13.1. The van der Waals surface area contributed by atoms with Crippen molar-refractivity contribution in [2.75, 3.05) is 41.0 Å². The second-order valence-corrected chi connectivity index (χ2v) is 9.24. The Hall–Kier alpha value is -3.06. The maximum Gasteiger partial charge on any atom is 0.224 e.